The van der Waals surface area contributed by atoms with Gasteiger partial charge in [0.05, 0.1) is 4.83 Å². The molecule has 2 aliphatic rings. The van der Waals surface area contributed by atoms with Crippen LogP contribution in [0.1, 0.15) is 39.0 Å². The number of hydrogen-bond acceptors (Lipinski definition) is 2. The van der Waals surface area contributed by atoms with Gasteiger partial charge in [-0.2, -0.15) is 0 Å². The molecule has 0 aromatic rings. The van der Waals surface area contributed by atoms with E-state index < -0.39 is 0 Å². The molecule has 1 amide bonds. The Balaban J connectivity index is 1.85. The summed E-state index contributed by atoms with van der Waals surface area (Å²) in [6, 6.07) is 0.362. The zero-order valence-corrected chi connectivity index (χ0v) is 12.3. The molecular formula is C13H23BrN2O. The van der Waals surface area contributed by atoms with E-state index in [1.54, 1.807) is 0 Å². The number of rotatable bonds is 3. The molecule has 2 saturated heterocycles. The van der Waals surface area contributed by atoms with Gasteiger partial charge < -0.3 is 9.80 Å². The molecule has 3 nitrogen and oxygen atoms in total. The van der Waals surface area contributed by atoms with Crippen molar-refractivity contribution in [2.75, 3.05) is 26.2 Å². The van der Waals surface area contributed by atoms with Crippen LogP contribution in [0, 0.1) is 0 Å². The van der Waals surface area contributed by atoms with Gasteiger partial charge in [0, 0.05) is 19.1 Å². The van der Waals surface area contributed by atoms with Crippen LogP contribution >= 0.6 is 15.9 Å². The Morgan fingerprint density at radius 1 is 1.24 bits per heavy atom. The smallest absolute Gasteiger partial charge is 0.236 e. The van der Waals surface area contributed by atoms with Crippen molar-refractivity contribution >= 4 is 21.8 Å². The van der Waals surface area contributed by atoms with Gasteiger partial charge in [-0.3, -0.25) is 4.79 Å². The van der Waals surface area contributed by atoms with Crippen LogP contribution in [0.25, 0.3) is 0 Å². The Kier molecular flexibility index (Phi) is 4.86. The second-order valence-corrected chi connectivity index (χ2v) is 6.46. The minimum atomic E-state index is 0.0556. The summed E-state index contributed by atoms with van der Waals surface area (Å²) in [4.78, 5) is 16.7. The van der Waals surface area contributed by atoms with E-state index in [9.17, 15) is 4.79 Å². The molecule has 4 heteroatoms. The molecule has 0 radical (unpaired) electrons. The van der Waals surface area contributed by atoms with Gasteiger partial charge in [-0.25, -0.2) is 0 Å². The Bertz CT molecular complexity index is 266. The molecular weight excluding hydrogens is 280 g/mol. The molecule has 2 atom stereocenters. The van der Waals surface area contributed by atoms with Crippen molar-refractivity contribution in [3.8, 4) is 0 Å². The molecule has 2 aliphatic heterocycles. The predicted octanol–water partition coefficient (Wildman–Crippen LogP) is 2.25. The van der Waals surface area contributed by atoms with E-state index in [2.05, 4.69) is 32.7 Å². The fourth-order valence-electron chi connectivity index (χ4n) is 2.91. The van der Waals surface area contributed by atoms with E-state index in [4.69, 9.17) is 0 Å². The SMILES string of the molecule is CC(CN1CCCCC1)N1CCCC(Br)C1=O. The van der Waals surface area contributed by atoms with Crippen LogP contribution in [-0.2, 0) is 4.79 Å². The molecule has 0 aliphatic carbocycles. The van der Waals surface area contributed by atoms with Crippen LogP contribution < -0.4 is 0 Å². The first-order valence-electron chi connectivity index (χ1n) is 6.85. The summed E-state index contributed by atoms with van der Waals surface area (Å²) in [5.41, 5.74) is 0. The van der Waals surface area contributed by atoms with Crippen LogP contribution in [0.2, 0.25) is 0 Å². The Morgan fingerprint density at radius 3 is 2.65 bits per heavy atom. The number of amides is 1. The summed E-state index contributed by atoms with van der Waals surface area (Å²) >= 11 is 3.48. The number of halogens is 1. The number of nitrogens with zero attached hydrogens (tertiary/aromatic N) is 2. The molecule has 2 unspecified atom stereocenters. The fourth-order valence-corrected chi connectivity index (χ4v) is 3.49. The number of piperidine rings is 2. The molecule has 17 heavy (non-hydrogen) atoms. The molecule has 98 valence electrons. The molecule has 0 bridgehead atoms. The monoisotopic (exact) mass is 302 g/mol. The number of alkyl halides is 1. The summed E-state index contributed by atoms with van der Waals surface area (Å²) in [5, 5.41) is 0. The first-order chi connectivity index (χ1) is 8.18. The molecule has 0 spiro atoms. The van der Waals surface area contributed by atoms with Crippen LogP contribution in [-0.4, -0.2) is 52.8 Å². The van der Waals surface area contributed by atoms with Gasteiger partial charge in [-0.05, 0) is 45.7 Å². The molecule has 2 rings (SSSR count). The number of carbonyl (C=O) groups excluding carboxylic acids is 1. The third-order valence-corrected chi connectivity index (χ3v) is 4.76. The maximum absolute atomic E-state index is 12.1. The average Bonchev–Trinajstić information content (AvgIpc) is 2.34. The van der Waals surface area contributed by atoms with E-state index >= 15 is 0 Å². The first kappa shape index (κ1) is 13.3. The molecule has 0 N–H and O–H groups in total. The minimum Gasteiger partial charge on any atom is -0.338 e. The van der Waals surface area contributed by atoms with Crippen LogP contribution in [0.4, 0.5) is 0 Å². The summed E-state index contributed by atoms with van der Waals surface area (Å²) in [6.45, 7) is 6.60. The lowest BCUT2D eigenvalue weighted by atomic mass is 10.1. The maximum atomic E-state index is 12.1. The van der Waals surface area contributed by atoms with Gasteiger partial charge in [0.25, 0.3) is 0 Å². The largest absolute Gasteiger partial charge is 0.338 e. The van der Waals surface area contributed by atoms with Crippen molar-refractivity contribution < 1.29 is 4.79 Å². The van der Waals surface area contributed by atoms with Crippen molar-refractivity contribution in [2.24, 2.45) is 0 Å². The maximum Gasteiger partial charge on any atom is 0.236 e. The van der Waals surface area contributed by atoms with E-state index in [-0.39, 0.29) is 4.83 Å². The molecule has 0 aromatic carbocycles. The minimum absolute atomic E-state index is 0.0556. The molecule has 2 fully saturated rings. The normalized spacial score (nSPS) is 29.4. The lowest BCUT2D eigenvalue weighted by molar-refractivity contribution is -0.135. The highest BCUT2D eigenvalue weighted by atomic mass is 79.9. The van der Waals surface area contributed by atoms with Gasteiger partial charge in [-0.15, -0.1) is 0 Å². The van der Waals surface area contributed by atoms with Gasteiger partial charge in [-0.1, -0.05) is 22.4 Å². The summed E-state index contributed by atoms with van der Waals surface area (Å²) < 4.78 is 0. The highest BCUT2D eigenvalue weighted by molar-refractivity contribution is 9.10. The Morgan fingerprint density at radius 2 is 1.94 bits per heavy atom. The standard InChI is InChI=1S/C13H23BrN2O/c1-11(10-15-7-3-2-4-8-15)16-9-5-6-12(14)13(16)17/h11-12H,2-10H2,1H3. The zero-order valence-electron chi connectivity index (χ0n) is 10.7. The van der Waals surface area contributed by atoms with E-state index in [1.807, 2.05) is 0 Å². The van der Waals surface area contributed by atoms with Crippen molar-refractivity contribution in [3.63, 3.8) is 0 Å². The third kappa shape index (κ3) is 3.44. The van der Waals surface area contributed by atoms with E-state index in [0.29, 0.717) is 11.9 Å². The lowest BCUT2D eigenvalue weighted by Crippen LogP contribution is -2.51. The second kappa shape index (κ2) is 6.19. The lowest BCUT2D eigenvalue weighted by Gasteiger charge is -2.38. The zero-order chi connectivity index (χ0) is 12.3. The van der Waals surface area contributed by atoms with Crippen molar-refractivity contribution in [1.29, 1.82) is 0 Å². The second-order valence-electron chi connectivity index (χ2n) is 5.35. The molecule has 0 aromatic heterocycles. The van der Waals surface area contributed by atoms with Crippen molar-refractivity contribution in [2.45, 2.75) is 49.9 Å². The third-order valence-electron chi connectivity index (χ3n) is 3.91. The summed E-state index contributed by atoms with van der Waals surface area (Å²) in [5.74, 6) is 0.292. The summed E-state index contributed by atoms with van der Waals surface area (Å²) in [6.07, 6.45) is 6.14. The van der Waals surface area contributed by atoms with Gasteiger partial charge in [0.1, 0.15) is 0 Å². The number of likely N-dealkylation sites (tertiary alicyclic amines) is 2. The highest BCUT2D eigenvalue weighted by Gasteiger charge is 2.30. The van der Waals surface area contributed by atoms with Crippen molar-refractivity contribution in [3.05, 3.63) is 0 Å². The Hall–Kier alpha value is -0.0900. The summed E-state index contributed by atoms with van der Waals surface area (Å²) in [7, 11) is 0. The average molecular weight is 303 g/mol. The predicted molar refractivity (Wildman–Crippen MR) is 73.4 cm³/mol. The van der Waals surface area contributed by atoms with Crippen LogP contribution in [0.3, 0.4) is 0 Å². The van der Waals surface area contributed by atoms with Crippen LogP contribution in [0.15, 0.2) is 0 Å². The quantitative estimate of drug-likeness (QED) is 0.747. The van der Waals surface area contributed by atoms with Gasteiger partial charge >= 0.3 is 0 Å². The first-order valence-corrected chi connectivity index (χ1v) is 7.77. The highest BCUT2D eigenvalue weighted by Crippen LogP contribution is 2.21. The number of carbonyl (C=O) groups is 1. The molecule has 2 heterocycles. The number of hydrogen-bond donors (Lipinski definition) is 0. The topological polar surface area (TPSA) is 23.6 Å². The van der Waals surface area contributed by atoms with E-state index in [1.165, 1.54) is 32.4 Å². The van der Waals surface area contributed by atoms with Crippen molar-refractivity contribution in [1.82, 2.24) is 9.80 Å². The molecule has 0 saturated carbocycles. The Labute approximate surface area is 113 Å². The van der Waals surface area contributed by atoms with Gasteiger partial charge in [0.15, 0.2) is 0 Å². The fraction of sp³-hybridized carbons (Fsp3) is 0.923. The van der Waals surface area contributed by atoms with Crippen LogP contribution in [0.5, 0.6) is 0 Å². The van der Waals surface area contributed by atoms with E-state index in [0.717, 1.165) is 25.9 Å². The van der Waals surface area contributed by atoms with Gasteiger partial charge in [0.2, 0.25) is 5.91 Å².